The van der Waals surface area contributed by atoms with Crippen LogP contribution in [0.3, 0.4) is 0 Å². The van der Waals surface area contributed by atoms with Crippen LogP contribution in [0, 0.1) is 0 Å². The third-order valence-electron chi connectivity index (χ3n) is 2.95. The molecule has 0 radical (unpaired) electrons. The first-order chi connectivity index (χ1) is 8.62. The monoisotopic (exact) mass is 306 g/mol. The molecule has 108 valence electrons. The normalized spacial score (nSPS) is 20.8. The molecule has 1 aliphatic rings. The standard InChI is InChI=1S/C12H18N2O3S.ClH/c13-8-12-9-14(6-7-17-12)18(15,16)10-11-4-2-1-3-5-11;/h1-5,12H,6-10,13H2;1H. The Hall–Kier alpha value is -0.660. The number of hydrogen-bond donors (Lipinski definition) is 1. The highest BCUT2D eigenvalue weighted by Crippen LogP contribution is 2.14. The maximum absolute atomic E-state index is 12.2. The van der Waals surface area contributed by atoms with Crippen LogP contribution in [-0.4, -0.2) is 45.1 Å². The minimum atomic E-state index is -3.28. The summed E-state index contributed by atoms with van der Waals surface area (Å²) in [4.78, 5) is 0. The lowest BCUT2D eigenvalue weighted by atomic mass is 10.2. The van der Waals surface area contributed by atoms with Crippen LogP contribution in [0.15, 0.2) is 30.3 Å². The lowest BCUT2D eigenvalue weighted by Crippen LogP contribution is -2.48. The van der Waals surface area contributed by atoms with E-state index in [1.54, 1.807) is 0 Å². The van der Waals surface area contributed by atoms with Crippen molar-refractivity contribution in [3.8, 4) is 0 Å². The van der Waals surface area contributed by atoms with Crippen molar-refractivity contribution >= 4 is 22.4 Å². The highest BCUT2D eigenvalue weighted by Gasteiger charge is 2.28. The summed E-state index contributed by atoms with van der Waals surface area (Å²) in [5.41, 5.74) is 6.31. The largest absolute Gasteiger partial charge is 0.374 e. The van der Waals surface area contributed by atoms with Gasteiger partial charge in [0.05, 0.1) is 18.5 Å². The smallest absolute Gasteiger partial charge is 0.218 e. The van der Waals surface area contributed by atoms with Gasteiger partial charge in [0.2, 0.25) is 10.0 Å². The molecule has 0 saturated carbocycles. The lowest BCUT2D eigenvalue weighted by Gasteiger charge is -2.31. The lowest BCUT2D eigenvalue weighted by molar-refractivity contribution is 0.00446. The average Bonchev–Trinajstić information content (AvgIpc) is 2.39. The fraction of sp³-hybridized carbons (Fsp3) is 0.500. The van der Waals surface area contributed by atoms with Gasteiger partial charge in [-0.15, -0.1) is 12.4 Å². The first kappa shape index (κ1) is 16.4. The van der Waals surface area contributed by atoms with Crippen LogP contribution in [0.4, 0.5) is 0 Å². The highest BCUT2D eigenvalue weighted by atomic mass is 35.5. The number of hydrogen-bond acceptors (Lipinski definition) is 4. The van der Waals surface area contributed by atoms with Crippen LogP contribution in [0.5, 0.6) is 0 Å². The molecule has 1 aromatic carbocycles. The van der Waals surface area contributed by atoms with Crippen molar-refractivity contribution in [3.63, 3.8) is 0 Å². The molecule has 0 amide bonds. The van der Waals surface area contributed by atoms with Crippen molar-refractivity contribution in [1.82, 2.24) is 4.31 Å². The quantitative estimate of drug-likeness (QED) is 0.884. The zero-order valence-corrected chi connectivity index (χ0v) is 12.2. The molecule has 0 aromatic heterocycles. The molecule has 0 bridgehead atoms. The van der Waals surface area contributed by atoms with Gasteiger partial charge < -0.3 is 10.5 Å². The Morgan fingerprint density at radius 2 is 2.00 bits per heavy atom. The minimum absolute atomic E-state index is 0. The number of nitrogens with zero attached hydrogens (tertiary/aromatic N) is 1. The van der Waals surface area contributed by atoms with Crippen molar-refractivity contribution in [1.29, 1.82) is 0 Å². The molecule has 0 spiro atoms. The van der Waals surface area contributed by atoms with E-state index >= 15 is 0 Å². The molecule has 2 N–H and O–H groups in total. The van der Waals surface area contributed by atoms with E-state index in [1.165, 1.54) is 4.31 Å². The van der Waals surface area contributed by atoms with E-state index in [4.69, 9.17) is 10.5 Å². The number of sulfonamides is 1. The number of halogens is 1. The topological polar surface area (TPSA) is 72.6 Å². The van der Waals surface area contributed by atoms with E-state index in [1.807, 2.05) is 30.3 Å². The molecule has 2 rings (SSSR count). The van der Waals surface area contributed by atoms with Gasteiger partial charge in [-0.3, -0.25) is 0 Å². The van der Waals surface area contributed by atoms with Crippen molar-refractivity contribution in [2.45, 2.75) is 11.9 Å². The summed E-state index contributed by atoms with van der Waals surface area (Å²) in [6.45, 7) is 1.52. The number of ether oxygens (including phenoxy) is 1. The van der Waals surface area contributed by atoms with Gasteiger partial charge in [0.1, 0.15) is 0 Å². The number of morpholine rings is 1. The summed E-state index contributed by atoms with van der Waals surface area (Å²) >= 11 is 0. The average molecular weight is 307 g/mol. The van der Waals surface area contributed by atoms with Crippen molar-refractivity contribution in [2.24, 2.45) is 5.73 Å². The van der Waals surface area contributed by atoms with Crippen molar-refractivity contribution in [3.05, 3.63) is 35.9 Å². The number of rotatable bonds is 4. The molecule has 1 unspecified atom stereocenters. The Balaban J connectivity index is 0.00000180. The van der Waals surface area contributed by atoms with Crippen LogP contribution in [0.1, 0.15) is 5.56 Å². The fourth-order valence-corrected chi connectivity index (χ4v) is 3.51. The van der Waals surface area contributed by atoms with Gasteiger partial charge in [0.25, 0.3) is 0 Å². The van der Waals surface area contributed by atoms with Gasteiger partial charge in [-0.25, -0.2) is 8.42 Å². The molecule has 19 heavy (non-hydrogen) atoms. The number of benzene rings is 1. The molecular formula is C12H19ClN2O3S. The molecule has 7 heteroatoms. The Kier molecular flexibility index (Phi) is 6.22. The Morgan fingerprint density at radius 3 is 2.63 bits per heavy atom. The van der Waals surface area contributed by atoms with Crippen LogP contribution in [0.2, 0.25) is 0 Å². The third kappa shape index (κ3) is 4.43. The van der Waals surface area contributed by atoms with E-state index in [-0.39, 0.29) is 24.3 Å². The zero-order chi connectivity index (χ0) is 13.0. The maximum atomic E-state index is 12.2. The molecule has 0 aliphatic carbocycles. The molecule has 1 atom stereocenters. The van der Waals surface area contributed by atoms with Crippen molar-refractivity contribution < 1.29 is 13.2 Å². The van der Waals surface area contributed by atoms with E-state index < -0.39 is 10.0 Å². The minimum Gasteiger partial charge on any atom is -0.374 e. The molecular weight excluding hydrogens is 288 g/mol. The van der Waals surface area contributed by atoms with Gasteiger partial charge in [0, 0.05) is 19.6 Å². The van der Waals surface area contributed by atoms with E-state index in [0.717, 1.165) is 5.56 Å². The predicted molar refractivity (Wildman–Crippen MR) is 76.7 cm³/mol. The molecule has 1 aromatic rings. The number of nitrogens with two attached hydrogens (primary N) is 1. The molecule has 1 aliphatic heterocycles. The van der Waals surface area contributed by atoms with Crippen LogP contribution < -0.4 is 5.73 Å². The fourth-order valence-electron chi connectivity index (χ4n) is 1.96. The summed E-state index contributed by atoms with van der Waals surface area (Å²) in [5, 5.41) is 0. The molecule has 1 fully saturated rings. The predicted octanol–water partition coefficient (Wildman–Crippen LogP) is 0.598. The second-order valence-electron chi connectivity index (χ2n) is 4.33. The van der Waals surface area contributed by atoms with Gasteiger partial charge in [-0.05, 0) is 5.56 Å². The van der Waals surface area contributed by atoms with Gasteiger partial charge in [-0.2, -0.15) is 4.31 Å². The van der Waals surface area contributed by atoms with E-state index in [0.29, 0.717) is 26.2 Å². The SMILES string of the molecule is Cl.NCC1CN(S(=O)(=O)Cc2ccccc2)CCO1. The summed E-state index contributed by atoms with van der Waals surface area (Å²) in [6.07, 6.45) is -0.190. The van der Waals surface area contributed by atoms with Crippen molar-refractivity contribution in [2.75, 3.05) is 26.2 Å². The van der Waals surface area contributed by atoms with Gasteiger partial charge >= 0.3 is 0 Å². The zero-order valence-electron chi connectivity index (χ0n) is 10.6. The summed E-state index contributed by atoms with van der Waals surface area (Å²) in [5.74, 6) is 0.0329. The second kappa shape index (κ2) is 7.21. The summed E-state index contributed by atoms with van der Waals surface area (Å²) in [7, 11) is -3.28. The Labute approximate surface area is 120 Å². The summed E-state index contributed by atoms with van der Waals surface area (Å²) in [6, 6.07) is 9.19. The van der Waals surface area contributed by atoms with E-state index in [9.17, 15) is 8.42 Å². The molecule has 5 nitrogen and oxygen atoms in total. The first-order valence-electron chi connectivity index (χ1n) is 5.95. The highest BCUT2D eigenvalue weighted by molar-refractivity contribution is 7.88. The van der Waals surface area contributed by atoms with E-state index in [2.05, 4.69) is 0 Å². The summed E-state index contributed by atoms with van der Waals surface area (Å²) < 4.78 is 31.3. The van der Waals surface area contributed by atoms with Crippen LogP contribution in [0.25, 0.3) is 0 Å². The Bertz CT molecular complexity index is 481. The van der Waals surface area contributed by atoms with Crippen LogP contribution >= 0.6 is 12.4 Å². The molecule has 1 heterocycles. The van der Waals surface area contributed by atoms with Gasteiger partial charge in [0.15, 0.2) is 0 Å². The Morgan fingerprint density at radius 1 is 1.32 bits per heavy atom. The van der Waals surface area contributed by atoms with Crippen LogP contribution in [-0.2, 0) is 20.5 Å². The van der Waals surface area contributed by atoms with Gasteiger partial charge in [-0.1, -0.05) is 30.3 Å². The third-order valence-corrected chi connectivity index (χ3v) is 4.77. The molecule has 1 saturated heterocycles. The maximum Gasteiger partial charge on any atom is 0.218 e. The first-order valence-corrected chi connectivity index (χ1v) is 7.56. The second-order valence-corrected chi connectivity index (χ2v) is 6.30.